The van der Waals surface area contributed by atoms with Crippen molar-refractivity contribution >= 4 is 31.0 Å². The van der Waals surface area contributed by atoms with Gasteiger partial charge in [0.2, 0.25) is 0 Å². The first-order chi connectivity index (χ1) is 19.6. The van der Waals surface area contributed by atoms with E-state index < -0.39 is 20.2 Å². The minimum absolute atomic E-state index is 0.121. The highest BCUT2D eigenvalue weighted by Crippen LogP contribution is 2.48. The van der Waals surface area contributed by atoms with E-state index in [2.05, 4.69) is 12.1 Å². The van der Waals surface area contributed by atoms with Gasteiger partial charge in [0.15, 0.2) is 0 Å². The van der Waals surface area contributed by atoms with Gasteiger partial charge < -0.3 is 4.18 Å². The molecule has 0 unspecified atom stereocenters. The third-order valence-corrected chi connectivity index (χ3v) is 11.8. The normalized spacial score (nSPS) is 18.8. The monoisotopic (exact) mass is 596 g/mol. The molecule has 1 N–H and O–H groups in total. The quantitative estimate of drug-likeness (QED) is 0.218. The van der Waals surface area contributed by atoms with Crippen molar-refractivity contribution < 1.29 is 25.6 Å². The zero-order valence-electron chi connectivity index (χ0n) is 24.0. The summed E-state index contributed by atoms with van der Waals surface area (Å²) in [5, 5.41) is 2.06. The fraction of sp³-hybridized carbons (Fsp3) is 0.515. The van der Waals surface area contributed by atoms with E-state index in [1.54, 1.807) is 0 Å². The molecule has 8 heteroatoms. The molecule has 0 bridgehead atoms. The SMILES string of the molecule is CC(C)c1cc(S(=O)(=O)O)c2c(c1OS(=O)(=O)c1c(C3CCCC3)cc3ccccc3c1C1CCCC1)CCCC2. The standard InChI is InChI=1S/C33H40O6S2/c1-21(2)28-20-30(40(34,35)36)26-17-9-10-18-27(26)32(28)39-41(37,38)33-29(22-11-3-4-12-22)19-24-15-7-8-16-25(24)31(33)23-13-5-6-14-23/h7-8,15-16,19-23H,3-6,9-14,17-18H2,1-2H3,(H,34,35,36). The summed E-state index contributed by atoms with van der Waals surface area (Å²) in [6, 6.07) is 11.6. The first kappa shape index (κ1) is 28.7. The largest absolute Gasteiger partial charge is 0.378 e. The Hall–Kier alpha value is -2.42. The Labute approximate surface area is 244 Å². The van der Waals surface area contributed by atoms with E-state index in [-0.39, 0.29) is 28.4 Å². The molecule has 0 spiro atoms. The van der Waals surface area contributed by atoms with E-state index in [9.17, 15) is 21.4 Å². The first-order valence-electron chi connectivity index (χ1n) is 15.2. The van der Waals surface area contributed by atoms with Gasteiger partial charge in [-0.25, -0.2) is 0 Å². The molecule has 3 aromatic rings. The van der Waals surface area contributed by atoms with Gasteiger partial charge >= 0.3 is 10.1 Å². The molecular weight excluding hydrogens is 556 g/mol. The summed E-state index contributed by atoms with van der Waals surface area (Å²) in [5.74, 6) is 0.349. The van der Waals surface area contributed by atoms with E-state index >= 15 is 0 Å². The highest BCUT2D eigenvalue weighted by molar-refractivity contribution is 7.87. The summed E-state index contributed by atoms with van der Waals surface area (Å²) in [6.07, 6.45) is 10.7. The van der Waals surface area contributed by atoms with Crippen molar-refractivity contribution in [1.29, 1.82) is 0 Å². The van der Waals surface area contributed by atoms with Crippen LogP contribution >= 0.6 is 0 Å². The van der Waals surface area contributed by atoms with Crippen LogP contribution in [0.4, 0.5) is 0 Å². The van der Waals surface area contributed by atoms with E-state index in [4.69, 9.17) is 4.18 Å². The predicted molar refractivity (Wildman–Crippen MR) is 161 cm³/mol. The first-order valence-corrected chi connectivity index (χ1v) is 18.1. The summed E-state index contributed by atoms with van der Waals surface area (Å²) < 4.78 is 70.7. The van der Waals surface area contributed by atoms with Crippen molar-refractivity contribution in [2.45, 2.75) is 118 Å². The van der Waals surface area contributed by atoms with Gasteiger partial charge in [0.05, 0.1) is 4.90 Å². The zero-order valence-corrected chi connectivity index (χ0v) is 25.6. The topological polar surface area (TPSA) is 97.7 Å². The van der Waals surface area contributed by atoms with Gasteiger partial charge in [-0.05, 0) is 109 Å². The Balaban J connectivity index is 1.61. The zero-order chi connectivity index (χ0) is 28.9. The summed E-state index contributed by atoms with van der Waals surface area (Å²) >= 11 is 0. The molecule has 3 aliphatic carbocycles. The second-order valence-corrected chi connectivity index (χ2v) is 15.4. The van der Waals surface area contributed by atoms with Crippen molar-refractivity contribution in [1.82, 2.24) is 0 Å². The second kappa shape index (κ2) is 11.0. The molecule has 0 radical (unpaired) electrons. The summed E-state index contributed by atoms with van der Waals surface area (Å²) in [7, 11) is -8.77. The predicted octanol–water partition coefficient (Wildman–Crippen LogP) is 8.17. The maximum absolute atomic E-state index is 14.8. The Morgan fingerprint density at radius 2 is 1.41 bits per heavy atom. The highest BCUT2D eigenvalue weighted by Gasteiger charge is 2.37. The van der Waals surface area contributed by atoms with Gasteiger partial charge in [-0.3, -0.25) is 4.55 Å². The lowest BCUT2D eigenvalue weighted by molar-refractivity contribution is 0.466. The molecule has 2 fully saturated rings. The van der Waals surface area contributed by atoms with Crippen LogP contribution in [-0.2, 0) is 33.1 Å². The maximum Gasteiger partial charge on any atom is 0.339 e. The van der Waals surface area contributed by atoms with Gasteiger partial charge in [-0.1, -0.05) is 63.8 Å². The molecule has 41 heavy (non-hydrogen) atoms. The van der Waals surface area contributed by atoms with Crippen LogP contribution in [0, 0.1) is 0 Å². The van der Waals surface area contributed by atoms with Crippen molar-refractivity contribution in [3.8, 4) is 5.75 Å². The molecule has 2 saturated carbocycles. The van der Waals surface area contributed by atoms with Crippen LogP contribution in [-0.4, -0.2) is 21.4 Å². The summed E-state index contributed by atoms with van der Waals surface area (Å²) in [5.41, 5.74) is 3.35. The van der Waals surface area contributed by atoms with E-state index in [1.165, 1.54) is 6.07 Å². The molecular formula is C33H40O6S2. The molecule has 220 valence electrons. The summed E-state index contributed by atoms with van der Waals surface area (Å²) in [6.45, 7) is 3.78. The molecule has 0 amide bonds. The van der Waals surface area contributed by atoms with Crippen LogP contribution in [0.15, 0.2) is 46.2 Å². The van der Waals surface area contributed by atoms with E-state index in [0.29, 0.717) is 34.4 Å². The van der Waals surface area contributed by atoms with Crippen LogP contribution in [0.25, 0.3) is 10.8 Å². The average Bonchev–Trinajstić information content (AvgIpc) is 3.66. The molecule has 0 atom stereocenters. The fourth-order valence-corrected chi connectivity index (χ4v) is 9.99. The molecule has 3 aromatic carbocycles. The van der Waals surface area contributed by atoms with Gasteiger partial charge in [-0.2, -0.15) is 16.8 Å². The van der Waals surface area contributed by atoms with Gasteiger partial charge in [0.1, 0.15) is 10.6 Å². The molecule has 0 aromatic heterocycles. The van der Waals surface area contributed by atoms with E-state index in [0.717, 1.165) is 86.1 Å². The van der Waals surface area contributed by atoms with E-state index in [1.807, 2.05) is 32.0 Å². The smallest absolute Gasteiger partial charge is 0.339 e. The summed E-state index contributed by atoms with van der Waals surface area (Å²) in [4.78, 5) is 0.220. The number of benzene rings is 3. The van der Waals surface area contributed by atoms with Crippen molar-refractivity contribution in [2.75, 3.05) is 0 Å². The minimum atomic E-state index is -4.48. The molecule has 6 nitrogen and oxygen atoms in total. The molecule has 0 aliphatic heterocycles. The van der Waals surface area contributed by atoms with Gasteiger partial charge in [0.25, 0.3) is 10.1 Å². The molecule has 6 rings (SSSR count). The Kier molecular flexibility index (Phi) is 7.70. The second-order valence-electron chi connectivity index (χ2n) is 12.5. The number of hydrogen-bond donors (Lipinski definition) is 1. The lowest BCUT2D eigenvalue weighted by Crippen LogP contribution is -2.21. The van der Waals surface area contributed by atoms with Crippen LogP contribution in [0.2, 0.25) is 0 Å². The molecule has 0 heterocycles. The Bertz CT molecular complexity index is 1690. The van der Waals surface area contributed by atoms with Crippen LogP contribution in [0.5, 0.6) is 5.75 Å². The lowest BCUT2D eigenvalue weighted by Gasteiger charge is -2.28. The third-order valence-electron chi connectivity index (χ3n) is 9.56. The fourth-order valence-electron chi connectivity index (χ4n) is 7.62. The van der Waals surface area contributed by atoms with Crippen molar-refractivity contribution in [3.63, 3.8) is 0 Å². The number of rotatable bonds is 7. The van der Waals surface area contributed by atoms with Crippen LogP contribution in [0.3, 0.4) is 0 Å². The maximum atomic E-state index is 14.8. The van der Waals surface area contributed by atoms with Gasteiger partial charge in [0, 0.05) is 11.1 Å². The lowest BCUT2D eigenvalue weighted by atomic mass is 9.86. The average molecular weight is 597 g/mol. The number of hydrogen-bond acceptors (Lipinski definition) is 5. The van der Waals surface area contributed by atoms with Crippen molar-refractivity contribution in [2.24, 2.45) is 0 Å². The molecule has 3 aliphatic rings. The van der Waals surface area contributed by atoms with Crippen molar-refractivity contribution in [3.05, 3.63) is 64.2 Å². The van der Waals surface area contributed by atoms with Crippen LogP contribution < -0.4 is 4.18 Å². The van der Waals surface area contributed by atoms with Crippen LogP contribution in [0.1, 0.15) is 124 Å². The highest BCUT2D eigenvalue weighted by atomic mass is 32.2. The Morgan fingerprint density at radius 1 is 0.805 bits per heavy atom. The third kappa shape index (κ3) is 5.32. The number of fused-ring (bicyclic) bond motifs is 2. The molecule has 0 saturated heterocycles. The Morgan fingerprint density at radius 3 is 2.05 bits per heavy atom. The van der Waals surface area contributed by atoms with Gasteiger partial charge in [-0.15, -0.1) is 0 Å². The minimum Gasteiger partial charge on any atom is -0.378 e.